The van der Waals surface area contributed by atoms with Crippen LogP contribution < -0.4 is 5.43 Å². The number of hydrogen-bond donors (Lipinski definition) is 0. The molecule has 2 aromatic heterocycles. The van der Waals surface area contributed by atoms with E-state index in [0.717, 1.165) is 0 Å². The Morgan fingerprint density at radius 1 is 0.944 bits per heavy atom. The van der Waals surface area contributed by atoms with E-state index in [2.05, 4.69) is 0 Å². The van der Waals surface area contributed by atoms with Gasteiger partial charge in [-0.15, -0.1) is 0 Å². The lowest BCUT2D eigenvalue weighted by atomic mass is 10.2. The summed E-state index contributed by atoms with van der Waals surface area (Å²) in [6.07, 6.45) is 5.07. The molecule has 0 radical (unpaired) electrons. The average Bonchev–Trinajstić information content (AvgIpc) is 2.90. The molecular formula is C15H10O3. The average molecular weight is 238 g/mol. The summed E-state index contributed by atoms with van der Waals surface area (Å²) >= 11 is 0. The van der Waals surface area contributed by atoms with Gasteiger partial charge < -0.3 is 8.83 Å². The Bertz CT molecular complexity index is 749. The fourth-order valence-corrected chi connectivity index (χ4v) is 1.76. The van der Waals surface area contributed by atoms with Crippen LogP contribution >= 0.6 is 0 Å². The van der Waals surface area contributed by atoms with E-state index >= 15 is 0 Å². The van der Waals surface area contributed by atoms with Gasteiger partial charge in [0.05, 0.1) is 11.6 Å². The summed E-state index contributed by atoms with van der Waals surface area (Å²) in [5.74, 6) is 1.22. The minimum Gasteiger partial charge on any atom is -0.465 e. The summed E-state index contributed by atoms with van der Waals surface area (Å²) in [6.45, 7) is 0. The van der Waals surface area contributed by atoms with E-state index in [4.69, 9.17) is 8.83 Å². The molecule has 0 saturated heterocycles. The van der Waals surface area contributed by atoms with Crippen molar-refractivity contribution in [1.29, 1.82) is 0 Å². The molecule has 0 aliphatic carbocycles. The van der Waals surface area contributed by atoms with Gasteiger partial charge in [0.2, 0.25) is 0 Å². The Kier molecular flexibility index (Phi) is 2.57. The molecule has 0 unspecified atom stereocenters. The SMILES string of the molecule is O=c1cc(C=Cc2ccco2)oc2ccccc12. The molecule has 0 fully saturated rings. The van der Waals surface area contributed by atoms with Gasteiger partial charge in [0, 0.05) is 6.07 Å². The minimum atomic E-state index is -0.0454. The number of para-hydroxylation sites is 1. The number of fused-ring (bicyclic) bond motifs is 1. The fourth-order valence-electron chi connectivity index (χ4n) is 1.76. The third-order valence-electron chi connectivity index (χ3n) is 2.61. The fraction of sp³-hybridized carbons (Fsp3) is 0. The highest BCUT2D eigenvalue weighted by Crippen LogP contribution is 2.14. The van der Waals surface area contributed by atoms with Crippen molar-refractivity contribution in [1.82, 2.24) is 0 Å². The van der Waals surface area contributed by atoms with Gasteiger partial charge in [-0.1, -0.05) is 12.1 Å². The first-order valence-electron chi connectivity index (χ1n) is 5.57. The number of rotatable bonds is 2. The van der Waals surface area contributed by atoms with E-state index < -0.39 is 0 Å². The maximum Gasteiger partial charge on any atom is 0.193 e. The van der Waals surface area contributed by atoms with Crippen LogP contribution in [-0.2, 0) is 0 Å². The molecule has 18 heavy (non-hydrogen) atoms. The Morgan fingerprint density at radius 3 is 2.61 bits per heavy atom. The van der Waals surface area contributed by atoms with Crippen molar-refractivity contribution in [3.05, 3.63) is 70.5 Å². The van der Waals surface area contributed by atoms with E-state index in [1.54, 1.807) is 36.6 Å². The summed E-state index contributed by atoms with van der Waals surface area (Å²) in [7, 11) is 0. The molecular weight excluding hydrogens is 228 g/mol. The Balaban J connectivity index is 2.06. The molecule has 0 atom stereocenters. The molecule has 3 aromatic rings. The first-order chi connectivity index (χ1) is 8.83. The highest BCUT2D eigenvalue weighted by atomic mass is 16.3. The lowest BCUT2D eigenvalue weighted by Crippen LogP contribution is -1.99. The van der Waals surface area contributed by atoms with E-state index in [0.29, 0.717) is 22.5 Å². The van der Waals surface area contributed by atoms with Gasteiger partial charge >= 0.3 is 0 Å². The van der Waals surface area contributed by atoms with Crippen LogP contribution in [0, 0.1) is 0 Å². The smallest absolute Gasteiger partial charge is 0.193 e. The molecule has 3 heteroatoms. The minimum absolute atomic E-state index is 0.0454. The topological polar surface area (TPSA) is 43.4 Å². The zero-order valence-electron chi connectivity index (χ0n) is 9.50. The van der Waals surface area contributed by atoms with Crippen LogP contribution in [0.15, 0.2) is 62.4 Å². The Hall–Kier alpha value is -2.55. The normalized spacial score (nSPS) is 11.3. The van der Waals surface area contributed by atoms with Crippen LogP contribution in [0.5, 0.6) is 0 Å². The van der Waals surface area contributed by atoms with Gasteiger partial charge in [0.25, 0.3) is 0 Å². The Labute approximate surface area is 103 Å². The number of benzene rings is 1. The lowest BCUT2D eigenvalue weighted by Gasteiger charge is -1.97. The zero-order valence-corrected chi connectivity index (χ0v) is 9.50. The molecule has 0 amide bonds. The summed E-state index contributed by atoms with van der Waals surface area (Å²) < 4.78 is 10.8. The van der Waals surface area contributed by atoms with Crippen molar-refractivity contribution in [3.8, 4) is 0 Å². The van der Waals surface area contributed by atoms with Gasteiger partial charge in [0.1, 0.15) is 17.1 Å². The molecule has 2 heterocycles. The summed E-state index contributed by atoms with van der Waals surface area (Å²) in [5, 5.41) is 0.590. The second-order valence-electron chi connectivity index (χ2n) is 3.86. The van der Waals surface area contributed by atoms with E-state index in [1.807, 2.05) is 18.2 Å². The van der Waals surface area contributed by atoms with Gasteiger partial charge in [-0.2, -0.15) is 0 Å². The van der Waals surface area contributed by atoms with E-state index in [-0.39, 0.29) is 5.43 Å². The van der Waals surface area contributed by atoms with Crippen LogP contribution in [0.3, 0.4) is 0 Å². The molecule has 0 N–H and O–H groups in total. The zero-order chi connectivity index (χ0) is 12.4. The molecule has 0 spiro atoms. The predicted molar refractivity (Wildman–Crippen MR) is 70.1 cm³/mol. The third-order valence-corrected chi connectivity index (χ3v) is 2.61. The van der Waals surface area contributed by atoms with Crippen LogP contribution in [-0.4, -0.2) is 0 Å². The standard InChI is InChI=1S/C15H10O3/c16-14-10-12(8-7-11-4-3-9-17-11)18-15-6-2-1-5-13(14)15/h1-10H. The summed E-state index contributed by atoms with van der Waals surface area (Å²) in [6, 6.07) is 12.3. The number of furan rings is 1. The van der Waals surface area contributed by atoms with Crippen molar-refractivity contribution in [3.63, 3.8) is 0 Å². The quantitative estimate of drug-likeness (QED) is 0.685. The van der Waals surface area contributed by atoms with Crippen LogP contribution in [0.25, 0.3) is 23.1 Å². The molecule has 3 rings (SSSR count). The highest BCUT2D eigenvalue weighted by molar-refractivity contribution is 5.77. The van der Waals surface area contributed by atoms with Gasteiger partial charge in [-0.3, -0.25) is 4.79 Å². The second kappa shape index (κ2) is 4.37. The molecule has 0 aliphatic rings. The van der Waals surface area contributed by atoms with Crippen molar-refractivity contribution in [2.45, 2.75) is 0 Å². The summed E-state index contributed by atoms with van der Waals surface area (Å²) in [4.78, 5) is 11.8. The first kappa shape index (κ1) is 10.6. The van der Waals surface area contributed by atoms with Crippen LogP contribution in [0.2, 0.25) is 0 Å². The monoisotopic (exact) mass is 238 g/mol. The first-order valence-corrected chi connectivity index (χ1v) is 5.57. The van der Waals surface area contributed by atoms with Crippen LogP contribution in [0.4, 0.5) is 0 Å². The van der Waals surface area contributed by atoms with Crippen molar-refractivity contribution in [2.24, 2.45) is 0 Å². The highest BCUT2D eigenvalue weighted by Gasteiger charge is 2.01. The van der Waals surface area contributed by atoms with Crippen molar-refractivity contribution >= 4 is 23.1 Å². The molecule has 0 bridgehead atoms. The predicted octanol–water partition coefficient (Wildman–Crippen LogP) is 3.56. The van der Waals surface area contributed by atoms with Crippen LogP contribution in [0.1, 0.15) is 11.5 Å². The maximum atomic E-state index is 11.8. The van der Waals surface area contributed by atoms with Gasteiger partial charge in [-0.05, 0) is 36.4 Å². The van der Waals surface area contributed by atoms with Gasteiger partial charge in [0.15, 0.2) is 5.43 Å². The molecule has 0 aliphatic heterocycles. The van der Waals surface area contributed by atoms with Gasteiger partial charge in [-0.25, -0.2) is 0 Å². The van der Waals surface area contributed by atoms with Crippen molar-refractivity contribution < 1.29 is 8.83 Å². The van der Waals surface area contributed by atoms with Crippen molar-refractivity contribution in [2.75, 3.05) is 0 Å². The lowest BCUT2D eigenvalue weighted by molar-refractivity contribution is 0.556. The third kappa shape index (κ3) is 1.98. The molecule has 1 aromatic carbocycles. The summed E-state index contributed by atoms with van der Waals surface area (Å²) in [5.41, 5.74) is 0.542. The molecule has 0 saturated carbocycles. The maximum absolute atomic E-state index is 11.8. The van der Waals surface area contributed by atoms with E-state index in [1.165, 1.54) is 6.07 Å². The molecule has 88 valence electrons. The molecule has 3 nitrogen and oxygen atoms in total. The second-order valence-corrected chi connectivity index (χ2v) is 3.86. The number of hydrogen-bond acceptors (Lipinski definition) is 3. The van der Waals surface area contributed by atoms with E-state index in [9.17, 15) is 4.79 Å². The largest absolute Gasteiger partial charge is 0.465 e. The Morgan fingerprint density at radius 2 is 1.78 bits per heavy atom.